The van der Waals surface area contributed by atoms with Gasteiger partial charge in [0.15, 0.2) is 0 Å². The molecule has 6 heteroatoms. The van der Waals surface area contributed by atoms with Crippen molar-refractivity contribution in [3.05, 3.63) is 65.7 Å². The molecular formula is C24H27NO5. The van der Waals surface area contributed by atoms with Crippen LogP contribution in [-0.2, 0) is 14.3 Å². The van der Waals surface area contributed by atoms with E-state index >= 15 is 0 Å². The fourth-order valence-corrected chi connectivity index (χ4v) is 3.52. The zero-order valence-electron chi connectivity index (χ0n) is 17.7. The van der Waals surface area contributed by atoms with Gasteiger partial charge in [0, 0.05) is 12.7 Å². The minimum Gasteiger partial charge on any atom is -0.478 e. The molecule has 30 heavy (non-hydrogen) atoms. The van der Waals surface area contributed by atoms with Crippen LogP contribution in [-0.4, -0.2) is 54.0 Å². The second-order valence-electron chi connectivity index (χ2n) is 8.23. The topological polar surface area (TPSA) is 76.1 Å². The fraction of sp³-hybridized carbons (Fsp3) is 0.333. The average Bonchev–Trinajstić information content (AvgIpc) is 2.72. The summed E-state index contributed by atoms with van der Waals surface area (Å²) in [4.78, 5) is 26.1. The van der Waals surface area contributed by atoms with Crippen LogP contribution < -0.4 is 0 Å². The third-order valence-electron chi connectivity index (χ3n) is 4.86. The van der Waals surface area contributed by atoms with Crippen molar-refractivity contribution in [1.82, 2.24) is 4.90 Å². The molecule has 2 aromatic carbocycles. The van der Waals surface area contributed by atoms with Gasteiger partial charge in [-0.15, -0.1) is 0 Å². The minimum absolute atomic E-state index is 0.0466. The van der Waals surface area contributed by atoms with Gasteiger partial charge in [0.1, 0.15) is 11.7 Å². The summed E-state index contributed by atoms with van der Waals surface area (Å²) in [5.41, 5.74) is 2.83. The van der Waals surface area contributed by atoms with Crippen LogP contribution in [0, 0.1) is 0 Å². The lowest BCUT2D eigenvalue weighted by atomic mass is 9.89. The predicted octanol–water partition coefficient (Wildman–Crippen LogP) is 4.46. The molecule has 0 saturated carbocycles. The molecule has 0 fully saturated rings. The van der Waals surface area contributed by atoms with Gasteiger partial charge in [-0.05, 0) is 43.5 Å². The number of methoxy groups -OCH3 is 1. The van der Waals surface area contributed by atoms with Gasteiger partial charge in [-0.3, -0.25) is 0 Å². The summed E-state index contributed by atoms with van der Waals surface area (Å²) in [6.45, 7) is 5.49. The van der Waals surface area contributed by atoms with E-state index in [4.69, 9.17) is 9.47 Å². The zero-order chi connectivity index (χ0) is 21.9. The van der Waals surface area contributed by atoms with Gasteiger partial charge in [0.2, 0.25) is 0 Å². The molecule has 0 radical (unpaired) electrons. The van der Waals surface area contributed by atoms with Gasteiger partial charge in [-0.25, -0.2) is 9.59 Å². The Balaban J connectivity index is 2.02. The molecule has 1 N–H and O–H groups in total. The van der Waals surface area contributed by atoms with Crippen LogP contribution in [0.3, 0.4) is 0 Å². The first kappa shape index (κ1) is 21.6. The highest BCUT2D eigenvalue weighted by Gasteiger charge is 2.36. The molecule has 2 aromatic rings. The van der Waals surface area contributed by atoms with Crippen molar-refractivity contribution in [1.29, 1.82) is 0 Å². The molecule has 1 aliphatic rings. The van der Waals surface area contributed by atoms with Crippen LogP contribution in [0.15, 0.2) is 60.2 Å². The molecule has 0 spiro atoms. The molecule has 0 aromatic heterocycles. The molecule has 1 heterocycles. The van der Waals surface area contributed by atoms with E-state index in [1.54, 1.807) is 20.8 Å². The minimum atomic E-state index is -1.08. The van der Waals surface area contributed by atoms with E-state index in [-0.39, 0.29) is 18.7 Å². The summed E-state index contributed by atoms with van der Waals surface area (Å²) >= 11 is 0. The monoisotopic (exact) mass is 409 g/mol. The van der Waals surface area contributed by atoms with Crippen LogP contribution in [0.4, 0.5) is 4.79 Å². The average molecular weight is 409 g/mol. The summed E-state index contributed by atoms with van der Waals surface area (Å²) in [6, 6.07) is 17.6. The number of rotatable bonds is 4. The number of nitrogens with zero attached hydrogens (tertiary/aromatic N) is 1. The zero-order valence-corrected chi connectivity index (χ0v) is 17.7. The van der Waals surface area contributed by atoms with Crippen LogP contribution >= 0.6 is 0 Å². The van der Waals surface area contributed by atoms with Crippen molar-refractivity contribution >= 4 is 17.6 Å². The predicted molar refractivity (Wildman–Crippen MR) is 115 cm³/mol. The highest BCUT2D eigenvalue weighted by atomic mass is 16.6. The summed E-state index contributed by atoms with van der Waals surface area (Å²) in [5, 5.41) is 9.91. The first-order chi connectivity index (χ1) is 14.2. The lowest BCUT2D eigenvalue weighted by molar-refractivity contribution is -0.133. The van der Waals surface area contributed by atoms with E-state index in [9.17, 15) is 14.7 Å². The summed E-state index contributed by atoms with van der Waals surface area (Å²) in [5.74, 6) is -1.08. The lowest BCUT2D eigenvalue weighted by Crippen LogP contribution is -2.47. The Morgan fingerprint density at radius 2 is 1.63 bits per heavy atom. The molecule has 1 aliphatic heterocycles. The number of amides is 1. The molecule has 6 nitrogen and oxygen atoms in total. The molecule has 0 saturated heterocycles. The van der Waals surface area contributed by atoms with E-state index in [0.717, 1.165) is 16.7 Å². The fourth-order valence-electron chi connectivity index (χ4n) is 3.52. The van der Waals surface area contributed by atoms with Gasteiger partial charge in [-0.1, -0.05) is 48.5 Å². The molecule has 1 unspecified atom stereocenters. The first-order valence-electron chi connectivity index (χ1n) is 9.82. The van der Waals surface area contributed by atoms with E-state index in [1.807, 2.05) is 54.6 Å². The van der Waals surface area contributed by atoms with Crippen molar-refractivity contribution in [3.63, 3.8) is 0 Å². The quantitative estimate of drug-likeness (QED) is 0.807. The molecule has 1 atom stereocenters. The number of hydrogen-bond acceptors (Lipinski definition) is 4. The summed E-state index contributed by atoms with van der Waals surface area (Å²) < 4.78 is 11.1. The highest BCUT2D eigenvalue weighted by Crippen LogP contribution is 2.33. The van der Waals surface area contributed by atoms with Crippen LogP contribution in [0.25, 0.3) is 16.7 Å². The van der Waals surface area contributed by atoms with Gasteiger partial charge >= 0.3 is 12.1 Å². The number of benzene rings is 2. The number of carbonyl (C=O) groups is 2. The van der Waals surface area contributed by atoms with Crippen LogP contribution in [0.1, 0.15) is 26.3 Å². The van der Waals surface area contributed by atoms with Crippen LogP contribution in [0.2, 0.25) is 0 Å². The van der Waals surface area contributed by atoms with E-state index in [1.165, 1.54) is 12.0 Å². The third-order valence-corrected chi connectivity index (χ3v) is 4.86. The molecule has 0 bridgehead atoms. The second kappa shape index (κ2) is 8.71. The van der Waals surface area contributed by atoms with Gasteiger partial charge < -0.3 is 19.5 Å². The second-order valence-corrected chi connectivity index (χ2v) is 8.23. The Hall–Kier alpha value is -3.12. The van der Waals surface area contributed by atoms with Gasteiger partial charge in [0.25, 0.3) is 0 Å². The van der Waals surface area contributed by atoms with E-state index in [0.29, 0.717) is 5.57 Å². The molecule has 1 amide bonds. The Bertz CT molecular complexity index is 959. The van der Waals surface area contributed by atoms with Crippen molar-refractivity contribution in [2.45, 2.75) is 32.5 Å². The smallest absolute Gasteiger partial charge is 0.410 e. The van der Waals surface area contributed by atoms with Crippen molar-refractivity contribution < 1.29 is 24.2 Å². The highest BCUT2D eigenvalue weighted by molar-refractivity contribution is 5.99. The molecular weight excluding hydrogens is 382 g/mol. The first-order valence-corrected chi connectivity index (χ1v) is 9.82. The number of carboxylic acid groups (broad SMARTS) is 1. The lowest BCUT2D eigenvalue weighted by Gasteiger charge is -2.35. The molecule has 0 aliphatic carbocycles. The Morgan fingerprint density at radius 3 is 2.23 bits per heavy atom. The number of aliphatic carboxylic acids is 1. The van der Waals surface area contributed by atoms with Crippen molar-refractivity contribution in [2.75, 3.05) is 20.2 Å². The number of carboxylic acids is 1. The Morgan fingerprint density at radius 1 is 1.00 bits per heavy atom. The summed E-state index contributed by atoms with van der Waals surface area (Å²) in [6.07, 6.45) is -1.14. The van der Waals surface area contributed by atoms with Crippen molar-refractivity contribution in [3.8, 4) is 11.1 Å². The summed E-state index contributed by atoms with van der Waals surface area (Å²) in [7, 11) is 1.52. The van der Waals surface area contributed by atoms with Crippen LogP contribution in [0.5, 0.6) is 0 Å². The Kier molecular flexibility index (Phi) is 6.27. The number of carbonyl (C=O) groups excluding carboxylic acids is 1. The van der Waals surface area contributed by atoms with Crippen molar-refractivity contribution in [2.24, 2.45) is 0 Å². The maximum absolute atomic E-state index is 12.6. The maximum atomic E-state index is 12.6. The Labute approximate surface area is 176 Å². The normalized spacial score (nSPS) is 17.1. The van der Waals surface area contributed by atoms with Gasteiger partial charge in [0.05, 0.1) is 18.7 Å². The van der Waals surface area contributed by atoms with Gasteiger partial charge in [-0.2, -0.15) is 0 Å². The third kappa shape index (κ3) is 4.89. The van der Waals surface area contributed by atoms with E-state index < -0.39 is 23.8 Å². The molecule has 158 valence electrons. The SMILES string of the molecule is COC1CN(C(=O)OC(C)(C)C)CC(C(=O)O)=C1c1cccc(-c2ccccc2)c1. The van der Waals surface area contributed by atoms with E-state index in [2.05, 4.69) is 0 Å². The maximum Gasteiger partial charge on any atom is 0.410 e. The molecule has 3 rings (SSSR count). The largest absolute Gasteiger partial charge is 0.478 e. The number of hydrogen-bond donors (Lipinski definition) is 1. The standard InChI is InChI=1S/C24H27NO5/c1-24(2,3)30-23(28)25-14-19(22(26)27)21(20(15-25)29-4)18-12-8-11-17(13-18)16-9-6-5-7-10-16/h5-13,20H,14-15H2,1-4H3,(H,26,27). The number of ether oxygens (including phenoxy) is 2.